The molecule has 19 heteroatoms. The molecule has 0 rings (SSSR count). The molecule has 576 valence electrons. The maximum atomic E-state index is 13.1. The molecule has 0 aliphatic carbocycles. The molecule has 0 aromatic carbocycles. The van der Waals surface area contributed by atoms with E-state index >= 15 is 0 Å². The predicted molar refractivity (Wildman–Crippen MR) is 395 cm³/mol. The van der Waals surface area contributed by atoms with Gasteiger partial charge in [0, 0.05) is 25.7 Å². The van der Waals surface area contributed by atoms with Gasteiger partial charge in [-0.2, -0.15) is 0 Å². The standard InChI is InChI=1S/C78H152O17P2/c1-6-10-13-16-19-21-23-25-26-27-28-29-30-36-40-44-49-54-59-64-78(83)95-74(68-89-76(81)62-57-52-47-42-38-35-32-31-34-37-41-46-50-55-60-71(5)9-4)70-93-97(86,87)91-66-72(79)65-90-96(84,85)92-69-73(67-88-75(80)61-56-51-45-18-15-12-8-3)94-77(82)63-58-53-48-43-39-33-24-22-20-17-14-11-7-2/h71-74,79H,6-70H2,1-5H3,(H,84,85)(H,86,87)/t71?,72-,73+,74+/m0/s1. The molecule has 0 saturated heterocycles. The summed E-state index contributed by atoms with van der Waals surface area (Å²) in [7, 11) is -9.91. The van der Waals surface area contributed by atoms with E-state index in [-0.39, 0.29) is 25.7 Å². The van der Waals surface area contributed by atoms with Crippen molar-refractivity contribution in [3.05, 3.63) is 0 Å². The SMILES string of the molecule is CCCCCCCCCCCCCCCCCCCCCC(=O)O[C@H](COC(=O)CCCCCCCCCCCCCCCCC(C)CC)COP(=O)(O)OC[C@@H](O)COP(=O)(O)OC[C@@H](COC(=O)CCCCCCCCC)OC(=O)CCCCCCCCCCCCCCC. The smallest absolute Gasteiger partial charge is 0.462 e. The Labute approximate surface area is 594 Å². The number of phosphoric acid groups is 2. The van der Waals surface area contributed by atoms with Crippen LogP contribution < -0.4 is 0 Å². The highest BCUT2D eigenvalue weighted by Gasteiger charge is 2.30. The first-order valence-corrected chi connectivity index (χ1v) is 43.7. The molecule has 0 aromatic heterocycles. The van der Waals surface area contributed by atoms with Crippen molar-refractivity contribution in [1.82, 2.24) is 0 Å². The van der Waals surface area contributed by atoms with Crippen molar-refractivity contribution < 1.29 is 80.2 Å². The number of ether oxygens (including phenoxy) is 4. The average Bonchev–Trinajstić information content (AvgIpc) is 2.81. The van der Waals surface area contributed by atoms with E-state index in [9.17, 15) is 43.2 Å². The number of aliphatic hydroxyl groups is 1. The van der Waals surface area contributed by atoms with E-state index in [4.69, 9.17) is 37.0 Å². The van der Waals surface area contributed by atoms with Crippen molar-refractivity contribution in [3.63, 3.8) is 0 Å². The molecule has 0 spiro atoms. The predicted octanol–water partition coefficient (Wildman–Crippen LogP) is 23.3. The summed E-state index contributed by atoms with van der Waals surface area (Å²) in [5.74, 6) is -1.26. The number of hydrogen-bond donors (Lipinski definition) is 3. The van der Waals surface area contributed by atoms with Crippen molar-refractivity contribution in [2.75, 3.05) is 39.6 Å². The second kappa shape index (κ2) is 71.1. The van der Waals surface area contributed by atoms with Crippen LogP contribution in [0.5, 0.6) is 0 Å². The fourth-order valence-electron chi connectivity index (χ4n) is 12.0. The number of rotatable bonds is 78. The third-order valence-corrected chi connectivity index (χ3v) is 20.5. The zero-order valence-electron chi connectivity index (χ0n) is 63.2. The van der Waals surface area contributed by atoms with E-state index in [1.54, 1.807) is 0 Å². The van der Waals surface area contributed by atoms with Crippen molar-refractivity contribution in [1.29, 1.82) is 0 Å². The summed E-state index contributed by atoms with van der Waals surface area (Å²) in [6, 6.07) is 0. The van der Waals surface area contributed by atoms with Gasteiger partial charge in [0.05, 0.1) is 26.4 Å². The van der Waals surface area contributed by atoms with Crippen LogP contribution in [0, 0.1) is 5.92 Å². The number of aliphatic hydroxyl groups excluding tert-OH is 1. The minimum atomic E-state index is -4.96. The first-order valence-electron chi connectivity index (χ1n) is 40.7. The van der Waals surface area contributed by atoms with Crippen LogP contribution in [-0.4, -0.2) is 96.7 Å². The highest BCUT2D eigenvalue weighted by molar-refractivity contribution is 7.47. The van der Waals surface area contributed by atoms with E-state index in [1.807, 2.05) is 0 Å². The van der Waals surface area contributed by atoms with Crippen LogP contribution in [-0.2, 0) is 65.4 Å². The number of phosphoric ester groups is 2. The van der Waals surface area contributed by atoms with E-state index in [0.29, 0.717) is 25.7 Å². The topological polar surface area (TPSA) is 237 Å². The van der Waals surface area contributed by atoms with Gasteiger partial charge in [-0.25, -0.2) is 9.13 Å². The van der Waals surface area contributed by atoms with Gasteiger partial charge >= 0.3 is 39.5 Å². The number of carbonyl (C=O) groups excluding carboxylic acids is 4. The lowest BCUT2D eigenvalue weighted by Gasteiger charge is -2.21. The minimum Gasteiger partial charge on any atom is -0.462 e. The van der Waals surface area contributed by atoms with Crippen molar-refractivity contribution >= 4 is 39.5 Å². The first kappa shape index (κ1) is 95.1. The molecule has 3 unspecified atom stereocenters. The molecular formula is C78H152O17P2. The minimum absolute atomic E-state index is 0.108. The molecule has 0 aliphatic heterocycles. The first-order chi connectivity index (χ1) is 47.1. The molecule has 0 fully saturated rings. The second-order valence-corrected chi connectivity index (χ2v) is 31.3. The Morgan fingerprint density at radius 3 is 0.732 bits per heavy atom. The zero-order valence-corrected chi connectivity index (χ0v) is 65.0. The summed E-state index contributed by atoms with van der Waals surface area (Å²) in [5.41, 5.74) is 0. The van der Waals surface area contributed by atoms with Crippen LogP contribution in [0.25, 0.3) is 0 Å². The fraction of sp³-hybridized carbons (Fsp3) is 0.949. The molecular weight excluding hydrogens is 1270 g/mol. The Morgan fingerprint density at radius 1 is 0.289 bits per heavy atom. The van der Waals surface area contributed by atoms with Crippen LogP contribution in [0.15, 0.2) is 0 Å². The lowest BCUT2D eigenvalue weighted by molar-refractivity contribution is -0.161. The van der Waals surface area contributed by atoms with E-state index in [1.165, 1.54) is 225 Å². The number of unbranched alkanes of at least 4 members (excludes halogenated alkanes) is 49. The van der Waals surface area contributed by atoms with E-state index in [0.717, 1.165) is 109 Å². The number of carbonyl (C=O) groups is 4. The largest absolute Gasteiger partial charge is 0.472 e. The maximum absolute atomic E-state index is 13.1. The Bertz CT molecular complexity index is 1860. The van der Waals surface area contributed by atoms with Crippen LogP contribution in [0.4, 0.5) is 0 Å². The molecule has 0 heterocycles. The lowest BCUT2D eigenvalue weighted by Crippen LogP contribution is -2.30. The van der Waals surface area contributed by atoms with Gasteiger partial charge in [-0.15, -0.1) is 0 Å². The highest BCUT2D eigenvalue weighted by atomic mass is 31.2. The molecule has 3 N–H and O–H groups in total. The van der Waals surface area contributed by atoms with Gasteiger partial charge in [-0.1, -0.05) is 362 Å². The molecule has 17 nitrogen and oxygen atoms in total. The normalized spacial score (nSPS) is 14.2. The van der Waals surface area contributed by atoms with Crippen molar-refractivity contribution in [2.45, 2.75) is 432 Å². The molecule has 0 aromatic rings. The van der Waals surface area contributed by atoms with Gasteiger partial charge in [-0.05, 0) is 31.6 Å². The third kappa shape index (κ3) is 70.9. The molecule has 97 heavy (non-hydrogen) atoms. The van der Waals surface area contributed by atoms with Crippen LogP contribution >= 0.6 is 15.6 Å². The molecule has 6 atom stereocenters. The van der Waals surface area contributed by atoms with Crippen LogP contribution in [0.3, 0.4) is 0 Å². The number of hydrogen-bond acceptors (Lipinski definition) is 15. The fourth-order valence-corrected chi connectivity index (χ4v) is 13.6. The van der Waals surface area contributed by atoms with E-state index < -0.39 is 97.5 Å². The monoisotopic (exact) mass is 1420 g/mol. The average molecular weight is 1420 g/mol. The Hall–Kier alpha value is -1.94. The van der Waals surface area contributed by atoms with Crippen LogP contribution in [0.1, 0.15) is 413 Å². The van der Waals surface area contributed by atoms with Gasteiger partial charge in [-0.3, -0.25) is 37.3 Å². The third-order valence-electron chi connectivity index (χ3n) is 18.6. The van der Waals surface area contributed by atoms with Gasteiger partial charge in [0.15, 0.2) is 12.2 Å². The molecule has 0 aliphatic rings. The van der Waals surface area contributed by atoms with Gasteiger partial charge in [0.1, 0.15) is 19.3 Å². The highest BCUT2D eigenvalue weighted by Crippen LogP contribution is 2.45. The molecule has 0 bridgehead atoms. The quantitative estimate of drug-likeness (QED) is 0.0222. The summed E-state index contributed by atoms with van der Waals surface area (Å²) in [6.07, 6.45) is 61.1. The van der Waals surface area contributed by atoms with E-state index in [2.05, 4.69) is 34.6 Å². The maximum Gasteiger partial charge on any atom is 0.472 e. The molecule has 0 saturated carbocycles. The lowest BCUT2D eigenvalue weighted by atomic mass is 9.99. The summed E-state index contributed by atoms with van der Waals surface area (Å²) >= 11 is 0. The summed E-state index contributed by atoms with van der Waals surface area (Å²) < 4.78 is 68.5. The molecule has 0 amide bonds. The summed E-state index contributed by atoms with van der Waals surface area (Å²) in [5, 5.41) is 10.6. The Balaban J connectivity index is 5.18. The number of esters is 4. The Morgan fingerprint density at radius 2 is 0.495 bits per heavy atom. The van der Waals surface area contributed by atoms with Gasteiger partial charge in [0.25, 0.3) is 0 Å². The van der Waals surface area contributed by atoms with Gasteiger partial charge < -0.3 is 33.8 Å². The summed E-state index contributed by atoms with van der Waals surface area (Å²) in [4.78, 5) is 72.7. The molecule has 0 radical (unpaired) electrons. The Kier molecular flexibility index (Phi) is 69.6. The zero-order chi connectivity index (χ0) is 71.2. The van der Waals surface area contributed by atoms with Crippen molar-refractivity contribution in [2.24, 2.45) is 5.92 Å². The van der Waals surface area contributed by atoms with Crippen molar-refractivity contribution in [3.8, 4) is 0 Å². The summed E-state index contributed by atoms with van der Waals surface area (Å²) in [6.45, 7) is 7.33. The second-order valence-electron chi connectivity index (χ2n) is 28.3. The van der Waals surface area contributed by atoms with Crippen LogP contribution in [0.2, 0.25) is 0 Å². The van der Waals surface area contributed by atoms with Gasteiger partial charge in [0.2, 0.25) is 0 Å².